The molecule has 2 heterocycles. The normalized spacial score (nSPS) is 14.9. The van der Waals surface area contributed by atoms with E-state index in [0.717, 1.165) is 37.3 Å². The molecular weight excluding hydrogens is 391 g/mol. The molecule has 0 aliphatic carbocycles. The lowest BCUT2D eigenvalue weighted by molar-refractivity contribution is -0.136. The second-order valence-electron chi connectivity index (χ2n) is 7.35. The number of hydrogen-bond donors (Lipinski definition) is 0. The van der Waals surface area contributed by atoms with Gasteiger partial charge in [-0.05, 0) is 31.3 Å². The number of aromatic nitrogens is 1. The van der Waals surface area contributed by atoms with Crippen LogP contribution in [-0.2, 0) is 20.8 Å². The summed E-state index contributed by atoms with van der Waals surface area (Å²) < 4.78 is 29.4. The van der Waals surface area contributed by atoms with E-state index in [9.17, 15) is 9.18 Å². The van der Waals surface area contributed by atoms with Crippen molar-refractivity contribution in [3.05, 3.63) is 35.6 Å². The number of amides is 1. The molecule has 0 radical (unpaired) electrons. The third-order valence-electron chi connectivity index (χ3n) is 5.21. The lowest BCUT2D eigenvalue weighted by atomic mass is 10.1. The average Bonchev–Trinajstić information content (AvgIpc) is 3.15. The molecule has 3 rings (SSSR count). The fourth-order valence-electron chi connectivity index (χ4n) is 3.43. The zero-order chi connectivity index (χ0) is 21.5. The highest BCUT2D eigenvalue weighted by atomic mass is 19.1. The third-order valence-corrected chi connectivity index (χ3v) is 5.21. The Morgan fingerprint density at radius 1 is 1.17 bits per heavy atom. The standard InChI is InChI=1S/C21H29FN4O4/c1-24-8-10-25(11-9-24)21-18(14-26(12-13-28-2)19(27)15-29-3)20(23-30-21)16-4-6-17(22)7-5-16/h4-7H,8-15H2,1-3H3. The summed E-state index contributed by atoms with van der Waals surface area (Å²) in [7, 11) is 5.17. The van der Waals surface area contributed by atoms with Gasteiger partial charge in [-0.2, -0.15) is 0 Å². The van der Waals surface area contributed by atoms with E-state index in [1.165, 1.54) is 19.2 Å². The highest BCUT2D eigenvalue weighted by molar-refractivity contribution is 5.78. The number of carbonyl (C=O) groups is 1. The van der Waals surface area contributed by atoms with Crippen molar-refractivity contribution in [3.63, 3.8) is 0 Å². The molecule has 1 aliphatic heterocycles. The SMILES string of the molecule is COCCN(Cc1c(-c2ccc(F)cc2)noc1N1CCN(C)CC1)C(=O)COC. The minimum absolute atomic E-state index is 0.0231. The summed E-state index contributed by atoms with van der Waals surface area (Å²) in [6.07, 6.45) is 0. The molecule has 2 aromatic rings. The first-order valence-corrected chi connectivity index (χ1v) is 9.97. The predicted octanol–water partition coefficient (Wildman–Crippen LogP) is 1.85. The monoisotopic (exact) mass is 420 g/mol. The lowest BCUT2D eigenvalue weighted by Crippen LogP contribution is -2.45. The first-order chi connectivity index (χ1) is 14.5. The topological polar surface area (TPSA) is 71.3 Å². The number of rotatable bonds is 9. The lowest BCUT2D eigenvalue weighted by Gasteiger charge is -2.33. The van der Waals surface area contributed by atoms with Crippen molar-refractivity contribution >= 4 is 11.8 Å². The van der Waals surface area contributed by atoms with Crippen LogP contribution >= 0.6 is 0 Å². The zero-order valence-corrected chi connectivity index (χ0v) is 17.8. The molecule has 1 aromatic heterocycles. The average molecular weight is 420 g/mol. The van der Waals surface area contributed by atoms with E-state index in [-0.39, 0.29) is 18.3 Å². The minimum atomic E-state index is -0.319. The van der Waals surface area contributed by atoms with E-state index < -0.39 is 0 Å². The van der Waals surface area contributed by atoms with Crippen LogP contribution in [0.3, 0.4) is 0 Å². The van der Waals surface area contributed by atoms with Gasteiger partial charge in [0, 0.05) is 52.5 Å². The van der Waals surface area contributed by atoms with Gasteiger partial charge in [0.15, 0.2) is 0 Å². The Balaban J connectivity index is 1.95. The highest BCUT2D eigenvalue weighted by Gasteiger charge is 2.27. The Bertz CT molecular complexity index is 819. The molecule has 1 aromatic carbocycles. The third kappa shape index (κ3) is 5.35. The van der Waals surface area contributed by atoms with Crippen molar-refractivity contribution in [2.75, 3.05) is 72.1 Å². The van der Waals surface area contributed by atoms with Gasteiger partial charge < -0.3 is 28.7 Å². The summed E-state index contributed by atoms with van der Waals surface area (Å²) in [5.41, 5.74) is 2.14. The molecule has 9 heteroatoms. The van der Waals surface area contributed by atoms with Crippen LogP contribution in [0.4, 0.5) is 10.3 Å². The fraction of sp³-hybridized carbons (Fsp3) is 0.524. The van der Waals surface area contributed by atoms with Gasteiger partial charge in [0.25, 0.3) is 0 Å². The van der Waals surface area contributed by atoms with Crippen LogP contribution in [-0.4, -0.2) is 88.1 Å². The summed E-state index contributed by atoms with van der Waals surface area (Å²) in [6.45, 7) is 4.49. The van der Waals surface area contributed by atoms with Gasteiger partial charge in [-0.3, -0.25) is 4.79 Å². The summed E-state index contributed by atoms with van der Waals surface area (Å²) in [6, 6.07) is 6.12. The molecule has 0 spiro atoms. The Labute approximate surface area is 176 Å². The van der Waals surface area contributed by atoms with E-state index >= 15 is 0 Å². The Morgan fingerprint density at radius 3 is 2.50 bits per heavy atom. The van der Waals surface area contributed by atoms with Crippen molar-refractivity contribution in [1.82, 2.24) is 15.0 Å². The smallest absolute Gasteiger partial charge is 0.248 e. The quantitative estimate of drug-likeness (QED) is 0.613. The number of piperazine rings is 1. The number of likely N-dealkylation sites (N-methyl/N-ethyl adjacent to an activating group) is 1. The molecule has 0 bridgehead atoms. The van der Waals surface area contributed by atoms with Crippen LogP contribution in [0.25, 0.3) is 11.3 Å². The molecular formula is C21H29FN4O4. The maximum Gasteiger partial charge on any atom is 0.248 e. The first kappa shape index (κ1) is 22.2. The van der Waals surface area contributed by atoms with Crippen molar-refractivity contribution in [2.24, 2.45) is 0 Å². The molecule has 1 saturated heterocycles. The van der Waals surface area contributed by atoms with Crippen LogP contribution in [0, 0.1) is 5.82 Å². The molecule has 0 N–H and O–H groups in total. The second-order valence-corrected chi connectivity index (χ2v) is 7.35. The molecule has 8 nitrogen and oxygen atoms in total. The van der Waals surface area contributed by atoms with Crippen molar-refractivity contribution < 1.29 is 23.2 Å². The number of ether oxygens (including phenoxy) is 2. The summed E-state index contributed by atoms with van der Waals surface area (Å²) in [4.78, 5) is 18.7. The number of anilines is 1. The maximum atomic E-state index is 13.4. The van der Waals surface area contributed by atoms with E-state index in [1.807, 2.05) is 0 Å². The second kappa shape index (κ2) is 10.5. The fourth-order valence-corrected chi connectivity index (χ4v) is 3.43. The van der Waals surface area contributed by atoms with Gasteiger partial charge in [-0.25, -0.2) is 4.39 Å². The Kier molecular flexibility index (Phi) is 7.78. The number of carbonyl (C=O) groups excluding carboxylic acids is 1. The summed E-state index contributed by atoms with van der Waals surface area (Å²) in [5, 5.41) is 4.30. The van der Waals surface area contributed by atoms with Gasteiger partial charge in [-0.1, -0.05) is 5.16 Å². The van der Waals surface area contributed by atoms with E-state index in [1.54, 1.807) is 24.1 Å². The molecule has 1 aliphatic rings. The van der Waals surface area contributed by atoms with Crippen LogP contribution < -0.4 is 4.90 Å². The van der Waals surface area contributed by atoms with Crippen molar-refractivity contribution in [2.45, 2.75) is 6.54 Å². The first-order valence-electron chi connectivity index (χ1n) is 9.97. The van der Waals surface area contributed by atoms with Crippen LogP contribution in [0.2, 0.25) is 0 Å². The van der Waals surface area contributed by atoms with Gasteiger partial charge in [0.05, 0.1) is 18.7 Å². The number of halogens is 1. The maximum absolute atomic E-state index is 13.4. The molecule has 0 saturated carbocycles. The summed E-state index contributed by atoms with van der Waals surface area (Å²) in [5.74, 6) is 0.181. The Hall–Kier alpha value is -2.49. The largest absolute Gasteiger partial charge is 0.383 e. The van der Waals surface area contributed by atoms with Crippen molar-refractivity contribution in [1.29, 1.82) is 0 Å². The molecule has 0 atom stereocenters. The molecule has 0 unspecified atom stereocenters. The molecule has 30 heavy (non-hydrogen) atoms. The van der Waals surface area contributed by atoms with Crippen molar-refractivity contribution in [3.8, 4) is 11.3 Å². The number of methoxy groups -OCH3 is 2. The molecule has 1 amide bonds. The van der Waals surface area contributed by atoms with E-state index in [4.69, 9.17) is 14.0 Å². The van der Waals surface area contributed by atoms with Gasteiger partial charge >= 0.3 is 0 Å². The van der Waals surface area contributed by atoms with E-state index in [0.29, 0.717) is 31.3 Å². The Morgan fingerprint density at radius 2 is 1.87 bits per heavy atom. The molecule has 164 valence electrons. The number of hydrogen-bond acceptors (Lipinski definition) is 7. The highest BCUT2D eigenvalue weighted by Crippen LogP contribution is 2.33. The number of benzene rings is 1. The zero-order valence-electron chi connectivity index (χ0n) is 17.8. The van der Waals surface area contributed by atoms with Crippen LogP contribution in [0.1, 0.15) is 5.56 Å². The predicted molar refractivity (Wildman–Crippen MR) is 111 cm³/mol. The van der Waals surface area contributed by atoms with E-state index in [2.05, 4.69) is 22.0 Å². The van der Waals surface area contributed by atoms with Crippen LogP contribution in [0.15, 0.2) is 28.8 Å². The van der Waals surface area contributed by atoms with Crippen LogP contribution in [0.5, 0.6) is 0 Å². The minimum Gasteiger partial charge on any atom is -0.383 e. The summed E-state index contributed by atoms with van der Waals surface area (Å²) >= 11 is 0. The number of nitrogens with zero attached hydrogens (tertiary/aromatic N) is 4. The van der Waals surface area contributed by atoms with Gasteiger partial charge in [0.1, 0.15) is 18.1 Å². The van der Waals surface area contributed by atoms with Gasteiger partial charge in [0.2, 0.25) is 11.8 Å². The molecule has 1 fully saturated rings. The van der Waals surface area contributed by atoms with Gasteiger partial charge in [-0.15, -0.1) is 0 Å².